The Morgan fingerprint density at radius 2 is 2.11 bits per heavy atom. The Kier molecular flexibility index (Phi) is 6.36. The maximum atomic E-state index is 13.9. The normalized spacial score (nSPS) is 14.5. The van der Waals surface area contributed by atoms with E-state index < -0.39 is 0 Å². The number of fused-ring (bicyclic) bond motifs is 1. The van der Waals surface area contributed by atoms with E-state index in [-0.39, 0.29) is 24.1 Å². The molecule has 1 N–H and O–H groups in total. The number of Topliss-reactive ketones (excluding diaryl/α,β-unsaturated/α-hetero) is 1. The highest BCUT2D eigenvalue weighted by Crippen LogP contribution is 2.36. The van der Waals surface area contributed by atoms with Gasteiger partial charge in [0.1, 0.15) is 5.82 Å². The van der Waals surface area contributed by atoms with Crippen LogP contribution in [0.3, 0.4) is 0 Å². The van der Waals surface area contributed by atoms with Crippen molar-refractivity contribution in [2.45, 2.75) is 11.8 Å². The van der Waals surface area contributed by atoms with Crippen molar-refractivity contribution >= 4 is 29.5 Å². The molecule has 28 heavy (non-hydrogen) atoms. The number of methoxy groups -OCH3 is 1. The molecule has 0 fully saturated rings. The number of ether oxygens (including phenoxy) is 2. The summed E-state index contributed by atoms with van der Waals surface area (Å²) in [7, 11) is 1.51. The number of ketones is 1. The first-order valence-corrected chi connectivity index (χ1v) is 9.76. The van der Waals surface area contributed by atoms with Crippen molar-refractivity contribution in [3.63, 3.8) is 0 Å². The van der Waals surface area contributed by atoms with Gasteiger partial charge in [-0.05, 0) is 42.8 Å². The number of carbonyl (C=O) groups is 2. The molecule has 5 nitrogen and oxygen atoms in total. The van der Waals surface area contributed by atoms with Gasteiger partial charge in [0.25, 0.3) is 5.91 Å². The van der Waals surface area contributed by atoms with Crippen molar-refractivity contribution < 1.29 is 23.5 Å². The van der Waals surface area contributed by atoms with Gasteiger partial charge in [-0.1, -0.05) is 12.1 Å². The van der Waals surface area contributed by atoms with E-state index in [1.54, 1.807) is 36.4 Å². The van der Waals surface area contributed by atoms with Crippen LogP contribution in [0.4, 0.5) is 4.39 Å². The van der Waals surface area contributed by atoms with Crippen molar-refractivity contribution in [1.29, 1.82) is 0 Å². The van der Waals surface area contributed by atoms with E-state index in [0.717, 1.165) is 5.56 Å². The van der Waals surface area contributed by atoms with Crippen molar-refractivity contribution in [2.24, 2.45) is 0 Å². The number of hydrogen-bond donors (Lipinski definition) is 1. The Hall–Kier alpha value is -2.80. The average Bonchev–Trinajstić information content (AvgIpc) is 2.69. The summed E-state index contributed by atoms with van der Waals surface area (Å²) in [4.78, 5) is 24.6. The van der Waals surface area contributed by atoms with Gasteiger partial charge in [-0.15, -0.1) is 11.8 Å². The second-order valence-electron chi connectivity index (χ2n) is 6.06. The lowest BCUT2D eigenvalue weighted by atomic mass is 10.0. The van der Waals surface area contributed by atoms with Crippen LogP contribution in [0, 0.1) is 5.82 Å². The lowest BCUT2D eigenvalue weighted by Crippen LogP contribution is -2.28. The number of benzene rings is 2. The zero-order chi connectivity index (χ0) is 20.1. The smallest absolute Gasteiger partial charge is 0.257 e. The Labute approximate surface area is 166 Å². The molecule has 7 heteroatoms. The van der Waals surface area contributed by atoms with Gasteiger partial charge in [-0.25, -0.2) is 4.39 Å². The molecule has 2 aromatic carbocycles. The first kappa shape index (κ1) is 19.9. The zero-order valence-electron chi connectivity index (χ0n) is 15.6. The van der Waals surface area contributed by atoms with E-state index in [4.69, 9.17) is 9.47 Å². The number of likely N-dealkylation sites (N-methyl/N-ethyl adjacent to an activating group) is 1. The summed E-state index contributed by atoms with van der Waals surface area (Å²) in [5.74, 6) is 0.527. The number of amides is 1. The number of nitrogens with one attached hydrogen (secondary N) is 1. The second kappa shape index (κ2) is 8.93. The zero-order valence-corrected chi connectivity index (χ0v) is 16.4. The second-order valence-corrected chi connectivity index (χ2v) is 7.04. The van der Waals surface area contributed by atoms with Gasteiger partial charge in [0, 0.05) is 23.4 Å². The van der Waals surface area contributed by atoms with E-state index in [0.29, 0.717) is 39.8 Å². The van der Waals surface area contributed by atoms with Crippen molar-refractivity contribution in [1.82, 2.24) is 5.32 Å². The number of hydrogen-bond acceptors (Lipinski definition) is 5. The minimum absolute atomic E-state index is 0.109. The maximum absolute atomic E-state index is 13.9. The molecule has 0 spiro atoms. The predicted molar refractivity (Wildman–Crippen MR) is 107 cm³/mol. The van der Waals surface area contributed by atoms with E-state index >= 15 is 0 Å². The summed E-state index contributed by atoms with van der Waals surface area (Å²) in [6, 6.07) is 9.75. The highest BCUT2D eigenvalue weighted by Gasteiger charge is 2.24. The minimum atomic E-state index is -0.370. The molecule has 0 bridgehead atoms. The molecule has 1 aliphatic heterocycles. The first-order valence-electron chi connectivity index (χ1n) is 8.77. The number of carbonyl (C=O) groups excluding carboxylic acids is 2. The van der Waals surface area contributed by atoms with Gasteiger partial charge in [0.05, 0.1) is 12.0 Å². The molecule has 0 aromatic heterocycles. The third-order valence-corrected chi connectivity index (χ3v) is 5.30. The van der Waals surface area contributed by atoms with Gasteiger partial charge in [0.2, 0.25) is 0 Å². The average molecular weight is 401 g/mol. The third kappa shape index (κ3) is 4.36. The fraction of sp³-hybridized carbons (Fsp3) is 0.238. The summed E-state index contributed by atoms with van der Waals surface area (Å²) in [6.07, 6.45) is 1.76. The van der Waals surface area contributed by atoms with Crippen LogP contribution in [0.15, 0.2) is 46.9 Å². The SMILES string of the molecule is CCNC(=O)COc1ccc(/C=C2/CSc3c(F)cccc3C2=O)cc1OC. The maximum Gasteiger partial charge on any atom is 0.257 e. The largest absolute Gasteiger partial charge is 0.493 e. The van der Waals surface area contributed by atoms with E-state index in [1.165, 1.54) is 24.9 Å². The molecule has 0 atom stereocenters. The van der Waals surface area contributed by atoms with Crippen molar-refractivity contribution in [3.05, 3.63) is 58.9 Å². The molecule has 0 aliphatic carbocycles. The molecule has 1 aliphatic rings. The molecular weight excluding hydrogens is 381 g/mol. The third-order valence-electron chi connectivity index (χ3n) is 4.14. The quantitative estimate of drug-likeness (QED) is 0.748. The van der Waals surface area contributed by atoms with Gasteiger partial charge in [0.15, 0.2) is 23.9 Å². The Morgan fingerprint density at radius 1 is 1.29 bits per heavy atom. The standard InChI is InChI=1S/C21H20FNO4S/c1-3-23-19(24)11-27-17-8-7-13(10-18(17)26-2)9-14-12-28-21-15(20(14)25)5-4-6-16(21)22/h4-10H,3,11-12H2,1-2H3,(H,23,24)/b14-9-. The molecule has 0 unspecified atom stereocenters. The summed E-state index contributed by atoms with van der Waals surface area (Å²) in [5, 5.41) is 2.65. The molecule has 146 valence electrons. The highest BCUT2D eigenvalue weighted by atomic mass is 32.2. The van der Waals surface area contributed by atoms with Crippen LogP contribution in [0.5, 0.6) is 11.5 Å². The van der Waals surface area contributed by atoms with Crippen molar-refractivity contribution in [2.75, 3.05) is 26.0 Å². The highest BCUT2D eigenvalue weighted by molar-refractivity contribution is 7.99. The van der Waals surface area contributed by atoms with Crippen LogP contribution < -0.4 is 14.8 Å². The Morgan fingerprint density at radius 3 is 2.86 bits per heavy atom. The van der Waals surface area contributed by atoms with Crippen LogP contribution in [-0.4, -0.2) is 37.7 Å². The molecule has 2 aromatic rings. The van der Waals surface area contributed by atoms with E-state index in [9.17, 15) is 14.0 Å². The molecular formula is C21H20FNO4S. The van der Waals surface area contributed by atoms with Crippen LogP contribution in [-0.2, 0) is 4.79 Å². The Bertz CT molecular complexity index is 942. The molecule has 0 saturated heterocycles. The summed E-state index contributed by atoms with van der Waals surface area (Å²) >= 11 is 1.31. The molecule has 3 rings (SSSR count). The fourth-order valence-electron chi connectivity index (χ4n) is 2.82. The van der Waals surface area contributed by atoms with E-state index in [1.807, 2.05) is 6.92 Å². The van der Waals surface area contributed by atoms with Crippen LogP contribution in [0.2, 0.25) is 0 Å². The van der Waals surface area contributed by atoms with Gasteiger partial charge in [-0.3, -0.25) is 9.59 Å². The van der Waals surface area contributed by atoms with Crippen molar-refractivity contribution in [3.8, 4) is 11.5 Å². The van der Waals surface area contributed by atoms with Gasteiger partial charge < -0.3 is 14.8 Å². The number of rotatable bonds is 6. The van der Waals surface area contributed by atoms with Gasteiger partial charge >= 0.3 is 0 Å². The minimum Gasteiger partial charge on any atom is -0.493 e. The van der Waals surface area contributed by atoms with Crippen LogP contribution >= 0.6 is 11.8 Å². The first-order chi connectivity index (χ1) is 13.5. The Balaban J connectivity index is 1.81. The summed E-state index contributed by atoms with van der Waals surface area (Å²) in [6.45, 7) is 2.26. The summed E-state index contributed by atoms with van der Waals surface area (Å²) < 4.78 is 24.7. The van der Waals surface area contributed by atoms with Crippen LogP contribution in [0.25, 0.3) is 6.08 Å². The van der Waals surface area contributed by atoms with Crippen LogP contribution in [0.1, 0.15) is 22.8 Å². The number of halogens is 1. The topological polar surface area (TPSA) is 64.6 Å². The molecule has 0 radical (unpaired) electrons. The van der Waals surface area contributed by atoms with Gasteiger partial charge in [-0.2, -0.15) is 0 Å². The van der Waals surface area contributed by atoms with E-state index in [2.05, 4.69) is 5.32 Å². The predicted octanol–water partition coefficient (Wildman–Crippen LogP) is 3.72. The monoisotopic (exact) mass is 401 g/mol. The lowest BCUT2D eigenvalue weighted by Gasteiger charge is -2.17. The summed E-state index contributed by atoms with van der Waals surface area (Å²) in [5.41, 5.74) is 1.73. The lowest BCUT2D eigenvalue weighted by molar-refractivity contribution is -0.123. The fourth-order valence-corrected chi connectivity index (χ4v) is 3.85. The molecule has 0 saturated carbocycles. The molecule has 1 amide bonds. The molecule has 1 heterocycles. The number of thioether (sulfide) groups is 1.